The normalized spacial score (nSPS) is 19.8. The Morgan fingerprint density at radius 3 is 2.82 bits per heavy atom. The molecule has 17 heavy (non-hydrogen) atoms. The van der Waals surface area contributed by atoms with Gasteiger partial charge in [-0.3, -0.25) is 4.68 Å². The molecule has 0 spiro atoms. The lowest BCUT2D eigenvalue weighted by molar-refractivity contribution is 0.00895. The topological polar surface area (TPSA) is 50.1 Å². The van der Waals surface area contributed by atoms with Crippen molar-refractivity contribution in [3.05, 3.63) is 18.0 Å². The van der Waals surface area contributed by atoms with E-state index < -0.39 is 5.60 Å². The van der Waals surface area contributed by atoms with E-state index in [4.69, 9.17) is 0 Å². The molecule has 2 rings (SSSR count). The summed E-state index contributed by atoms with van der Waals surface area (Å²) in [6.07, 6.45) is 4.23. The predicted molar refractivity (Wildman–Crippen MR) is 67.8 cm³/mol. The van der Waals surface area contributed by atoms with Gasteiger partial charge < -0.3 is 10.4 Å². The molecule has 0 saturated carbocycles. The second-order valence-electron chi connectivity index (χ2n) is 5.55. The Morgan fingerprint density at radius 2 is 2.18 bits per heavy atom. The van der Waals surface area contributed by atoms with Crippen LogP contribution in [0.3, 0.4) is 0 Å². The fraction of sp³-hybridized carbons (Fsp3) is 0.769. The minimum atomic E-state index is -0.542. The molecule has 0 aromatic carbocycles. The number of rotatable bonds is 4. The molecule has 1 aliphatic heterocycles. The molecule has 4 nitrogen and oxygen atoms in total. The molecule has 1 aromatic heterocycles. The maximum Gasteiger partial charge on any atom is 0.0727 e. The van der Waals surface area contributed by atoms with E-state index in [1.165, 1.54) is 0 Å². The quantitative estimate of drug-likeness (QED) is 0.827. The lowest BCUT2D eigenvalue weighted by Gasteiger charge is -2.32. The smallest absolute Gasteiger partial charge is 0.0727 e. The van der Waals surface area contributed by atoms with Gasteiger partial charge in [0.2, 0.25) is 0 Å². The lowest BCUT2D eigenvalue weighted by Crippen LogP contribution is -2.43. The number of nitrogens with one attached hydrogen (secondary N) is 1. The lowest BCUT2D eigenvalue weighted by atomic mass is 9.88. The minimum absolute atomic E-state index is 0.542. The van der Waals surface area contributed by atoms with Crippen LogP contribution in [0.4, 0.5) is 0 Å². The van der Waals surface area contributed by atoms with E-state index in [1.807, 2.05) is 16.9 Å². The molecule has 0 atom stereocenters. The Labute approximate surface area is 103 Å². The summed E-state index contributed by atoms with van der Waals surface area (Å²) < 4.78 is 2.03. The standard InChI is InChI=1S/C13H23N3O/c1-11(2)10-16-12(3-6-15-16)9-13(17)4-7-14-8-5-13/h3,6,11,14,17H,4-5,7-10H2,1-2H3. The summed E-state index contributed by atoms with van der Waals surface area (Å²) >= 11 is 0. The Balaban J connectivity index is 2.04. The Morgan fingerprint density at radius 1 is 1.47 bits per heavy atom. The van der Waals surface area contributed by atoms with Gasteiger partial charge in [-0.15, -0.1) is 0 Å². The van der Waals surface area contributed by atoms with Crippen molar-refractivity contribution in [3.63, 3.8) is 0 Å². The molecule has 1 aromatic rings. The molecule has 4 heteroatoms. The van der Waals surface area contributed by atoms with Gasteiger partial charge in [-0.2, -0.15) is 5.10 Å². The third kappa shape index (κ3) is 3.30. The molecule has 2 N–H and O–H groups in total. The number of aliphatic hydroxyl groups is 1. The van der Waals surface area contributed by atoms with Crippen molar-refractivity contribution >= 4 is 0 Å². The van der Waals surface area contributed by atoms with Crippen LogP contribution in [0.5, 0.6) is 0 Å². The molecule has 0 aliphatic carbocycles. The van der Waals surface area contributed by atoms with Gasteiger partial charge in [0, 0.05) is 24.9 Å². The summed E-state index contributed by atoms with van der Waals surface area (Å²) in [4.78, 5) is 0. The monoisotopic (exact) mass is 237 g/mol. The molecule has 96 valence electrons. The van der Waals surface area contributed by atoms with E-state index in [0.29, 0.717) is 5.92 Å². The summed E-state index contributed by atoms with van der Waals surface area (Å²) in [7, 11) is 0. The van der Waals surface area contributed by atoms with Crippen molar-refractivity contribution in [2.75, 3.05) is 13.1 Å². The number of hydrogen-bond donors (Lipinski definition) is 2. The van der Waals surface area contributed by atoms with Crippen molar-refractivity contribution in [2.24, 2.45) is 5.92 Å². The molecule has 1 fully saturated rings. The zero-order valence-electron chi connectivity index (χ0n) is 10.8. The number of piperidine rings is 1. The highest BCUT2D eigenvalue weighted by atomic mass is 16.3. The number of aromatic nitrogens is 2. The average Bonchev–Trinajstić information content (AvgIpc) is 2.65. The van der Waals surface area contributed by atoms with Crippen LogP contribution in [-0.2, 0) is 13.0 Å². The van der Waals surface area contributed by atoms with Crippen molar-refractivity contribution in [3.8, 4) is 0 Å². The van der Waals surface area contributed by atoms with Gasteiger partial charge >= 0.3 is 0 Å². The van der Waals surface area contributed by atoms with Gasteiger partial charge in [-0.05, 0) is 37.9 Å². The fourth-order valence-electron chi connectivity index (χ4n) is 2.43. The van der Waals surface area contributed by atoms with Gasteiger partial charge in [0.1, 0.15) is 0 Å². The second-order valence-corrected chi connectivity index (χ2v) is 5.55. The SMILES string of the molecule is CC(C)Cn1nccc1CC1(O)CCNCC1. The van der Waals surface area contributed by atoms with Crippen LogP contribution in [0.15, 0.2) is 12.3 Å². The summed E-state index contributed by atoms with van der Waals surface area (Å²) in [6.45, 7) is 7.12. The number of hydrogen-bond acceptors (Lipinski definition) is 3. The Bertz CT molecular complexity index is 353. The van der Waals surface area contributed by atoms with Gasteiger partial charge in [0.05, 0.1) is 5.60 Å². The van der Waals surface area contributed by atoms with Crippen LogP contribution in [-0.4, -0.2) is 33.6 Å². The molecule has 0 amide bonds. The molecule has 1 aliphatic rings. The van der Waals surface area contributed by atoms with Crippen LogP contribution in [0.25, 0.3) is 0 Å². The van der Waals surface area contributed by atoms with E-state index in [1.54, 1.807) is 0 Å². The van der Waals surface area contributed by atoms with Crippen molar-refractivity contribution in [1.29, 1.82) is 0 Å². The van der Waals surface area contributed by atoms with Gasteiger partial charge in [-0.1, -0.05) is 13.8 Å². The maximum absolute atomic E-state index is 10.5. The van der Waals surface area contributed by atoms with Gasteiger partial charge in [0.15, 0.2) is 0 Å². The molecular weight excluding hydrogens is 214 g/mol. The molecule has 1 saturated heterocycles. The van der Waals surface area contributed by atoms with Crippen LogP contribution in [0, 0.1) is 5.92 Å². The summed E-state index contributed by atoms with van der Waals surface area (Å²) in [6, 6.07) is 2.03. The zero-order chi connectivity index (χ0) is 12.3. The minimum Gasteiger partial charge on any atom is -0.389 e. The molecule has 0 unspecified atom stereocenters. The Kier molecular flexibility index (Phi) is 3.84. The third-order valence-corrected chi connectivity index (χ3v) is 3.39. The third-order valence-electron chi connectivity index (χ3n) is 3.39. The zero-order valence-corrected chi connectivity index (χ0v) is 10.8. The first-order chi connectivity index (χ1) is 8.09. The molecule has 2 heterocycles. The fourth-order valence-corrected chi connectivity index (χ4v) is 2.43. The molecule has 0 radical (unpaired) electrons. The Hall–Kier alpha value is -0.870. The number of nitrogens with zero attached hydrogens (tertiary/aromatic N) is 2. The highest BCUT2D eigenvalue weighted by Crippen LogP contribution is 2.23. The first kappa shape index (κ1) is 12.6. The summed E-state index contributed by atoms with van der Waals surface area (Å²) in [5.74, 6) is 0.580. The van der Waals surface area contributed by atoms with Gasteiger partial charge in [0.25, 0.3) is 0 Å². The van der Waals surface area contributed by atoms with Crippen LogP contribution >= 0.6 is 0 Å². The average molecular weight is 237 g/mol. The van der Waals surface area contributed by atoms with Crippen molar-refractivity contribution in [1.82, 2.24) is 15.1 Å². The van der Waals surface area contributed by atoms with Gasteiger partial charge in [-0.25, -0.2) is 0 Å². The first-order valence-electron chi connectivity index (χ1n) is 6.53. The predicted octanol–water partition coefficient (Wildman–Crippen LogP) is 1.20. The van der Waals surface area contributed by atoms with Crippen LogP contribution in [0.1, 0.15) is 32.4 Å². The van der Waals surface area contributed by atoms with Crippen LogP contribution in [0.2, 0.25) is 0 Å². The molecule has 0 bridgehead atoms. The maximum atomic E-state index is 10.5. The first-order valence-corrected chi connectivity index (χ1v) is 6.53. The van der Waals surface area contributed by atoms with Crippen molar-refractivity contribution in [2.45, 2.75) is 45.3 Å². The summed E-state index contributed by atoms with van der Waals surface area (Å²) in [5, 5.41) is 18.1. The van der Waals surface area contributed by atoms with Crippen molar-refractivity contribution < 1.29 is 5.11 Å². The molecular formula is C13H23N3O. The van der Waals surface area contributed by atoms with Crippen LogP contribution < -0.4 is 5.32 Å². The summed E-state index contributed by atoms with van der Waals surface area (Å²) in [5.41, 5.74) is 0.614. The largest absolute Gasteiger partial charge is 0.389 e. The van der Waals surface area contributed by atoms with E-state index in [2.05, 4.69) is 24.3 Å². The van der Waals surface area contributed by atoms with E-state index in [-0.39, 0.29) is 0 Å². The second kappa shape index (κ2) is 5.19. The highest BCUT2D eigenvalue weighted by molar-refractivity contribution is 5.06. The van der Waals surface area contributed by atoms with E-state index in [9.17, 15) is 5.11 Å². The highest BCUT2D eigenvalue weighted by Gasteiger charge is 2.30. The van der Waals surface area contributed by atoms with E-state index in [0.717, 1.165) is 44.6 Å². The van der Waals surface area contributed by atoms with E-state index >= 15 is 0 Å².